The monoisotopic (exact) mass is 207 g/mol. The van der Waals surface area contributed by atoms with Crippen molar-refractivity contribution < 1.29 is 9.84 Å². The number of ether oxygens (including phenoxy) is 1. The molecule has 1 aromatic rings. The van der Waals surface area contributed by atoms with Gasteiger partial charge >= 0.3 is 0 Å². The standard InChI is InChI=1S/C12H17NO2/c14-11(12-3-1-2-8-15-12)9-10-4-6-13-7-5-10/h4-7,11-12,14H,1-3,8-9H2. The van der Waals surface area contributed by atoms with E-state index in [0.717, 1.165) is 31.4 Å². The molecule has 2 atom stereocenters. The average molecular weight is 207 g/mol. The fourth-order valence-corrected chi connectivity index (χ4v) is 1.96. The van der Waals surface area contributed by atoms with Crippen molar-refractivity contribution in [2.75, 3.05) is 6.61 Å². The first kappa shape index (κ1) is 10.6. The predicted octanol–water partition coefficient (Wildman–Crippen LogP) is 1.55. The van der Waals surface area contributed by atoms with E-state index in [9.17, 15) is 5.11 Å². The van der Waals surface area contributed by atoms with Crippen LogP contribution in [0.5, 0.6) is 0 Å². The van der Waals surface area contributed by atoms with Crippen molar-refractivity contribution in [3.63, 3.8) is 0 Å². The number of hydrogen-bond donors (Lipinski definition) is 1. The second-order valence-electron chi connectivity index (χ2n) is 4.03. The molecule has 82 valence electrons. The third-order valence-electron chi connectivity index (χ3n) is 2.84. The van der Waals surface area contributed by atoms with Gasteiger partial charge in [-0.05, 0) is 37.0 Å². The van der Waals surface area contributed by atoms with Crippen molar-refractivity contribution >= 4 is 0 Å². The molecule has 2 unspecified atom stereocenters. The molecular formula is C12H17NO2. The van der Waals surface area contributed by atoms with Crippen LogP contribution in [0.1, 0.15) is 24.8 Å². The van der Waals surface area contributed by atoms with E-state index < -0.39 is 0 Å². The Hall–Kier alpha value is -0.930. The maximum atomic E-state index is 9.98. The third-order valence-corrected chi connectivity index (χ3v) is 2.84. The van der Waals surface area contributed by atoms with E-state index >= 15 is 0 Å². The number of nitrogens with zero attached hydrogens (tertiary/aromatic N) is 1. The molecule has 0 bridgehead atoms. The molecule has 0 spiro atoms. The first-order chi connectivity index (χ1) is 7.36. The molecule has 2 heterocycles. The van der Waals surface area contributed by atoms with Gasteiger partial charge in [0.25, 0.3) is 0 Å². The number of hydrogen-bond acceptors (Lipinski definition) is 3. The molecule has 1 aliphatic heterocycles. The van der Waals surface area contributed by atoms with Gasteiger partial charge < -0.3 is 9.84 Å². The molecule has 3 heteroatoms. The molecule has 0 saturated carbocycles. The smallest absolute Gasteiger partial charge is 0.0842 e. The average Bonchev–Trinajstić information content (AvgIpc) is 2.31. The van der Waals surface area contributed by atoms with Gasteiger partial charge in [-0.25, -0.2) is 0 Å². The van der Waals surface area contributed by atoms with E-state index in [1.54, 1.807) is 12.4 Å². The number of rotatable bonds is 3. The van der Waals surface area contributed by atoms with Crippen LogP contribution in [0.4, 0.5) is 0 Å². The summed E-state index contributed by atoms with van der Waals surface area (Å²) in [5, 5.41) is 9.98. The second kappa shape index (κ2) is 5.24. The van der Waals surface area contributed by atoms with Crippen molar-refractivity contribution in [2.24, 2.45) is 0 Å². The minimum Gasteiger partial charge on any atom is -0.390 e. The van der Waals surface area contributed by atoms with E-state index in [1.165, 1.54) is 0 Å². The van der Waals surface area contributed by atoms with Crippen LogP contribution in [0.2, 0.25) is 0 Å². The molecular weight excluding hydrogens is 190 g/mol. The number of pyridine rings is 1. The Morgan fingerprint density at radius 3 is 2.87 bits per heavy atom. The van der Waals surface area contributed by atoms with E-state index in [0.29, 0.717) is 6.42 Å². The Labute approximate surface area is 90.1 Å². The van der Waals surface area contributed by atoms with Gasteiger partial charge in [0.05, 0.1) is 12.2 Å². The maximum absolute atomic E-state index is 9.98. The van der Waals surface area contributed by atoms with Crippen LogP contribution < -0.4 is 0 Å². The lowest BCUT2D eigenvalue weighted by atomic mass is 9.99. The van der Waals surface area contributed by atoms with E-state index in [4.69, 9.17) is 4.74 Å². The van der Waals surface area contributed by atoms with Crippen LogP contribution in [-0.4, -0.2) is 28.9 Å². The van der Waals surface area contributed by atoms with E-state index in [-0.39, 0.29) is 12.2 Å². The molecule has 0 aromatic carbocycles. The first-order valence-electron chi connectivity index (χ1n) is 5.55. The number of aromatic nitrogens is 1. The Kier molecular flexibility index (Phi) is 3.69. The zero-order valence-electron chi connectivity index (χ0n) is 8.80. The Balaban J connectivity index is 1.88. The molecule has 2 rings (SSSR count). The summed E-state index contributed by atoms with van der Waals surface area (Å²) < 4.78 is 5.55. The molecule has 0 amide bonds. The normalized spacial score (nSPS) is 23.7. The van der Waals surface area contributed by atoms with Crippen molar-refractivity contribution in [3.8, 4) is 0 Å². The summed E-state index contributed by atoms with van der Waals surface area (Å²) in [6.45, 7) is 0.790. The van der Waals surface area contributed by atoms with Gasteiger partial charge in [0.15, 0.2) is 0 Å². The SMILES string of the molecule is OC(Cc1ccncc1)C1CCCCO1. The summed E-state index contributed by atoms with van der Waals surface area (Å²) in [5.41, 5.74) is 1.12. The topological polar surface area (TPSA) is 42.4 Å². The molecule has 1 aromatic heterocycles. The molecule has 3 nitrogen and oxygen atoms in total. The summed E-state index contributed by atoms with van der Waals surface area (Å²) in [6.07, 6.45) is 7.07. The first-order valence-corrected chi connectivity index (χ1v) is 5.55. The van der Waals surface area contributed by atoms with Crippen LogP contribution in [0.25, 0.3) is 0 Å². The van der Waals surface area contributed by atoms with Crippen LogP contribution in [0.3, 0.4) is 0 Å². The van der Waals surface area contributed by atoms with E-state index in [2.05, 4.69) is 4.98 Å². The minimum atomic E-state index is -0.382. The van der Waals surface area contributed by atoms with Crippen LogP contribution in [0, 0.1) is 0 Å². The zero-order valence-corrected chi connectivity index (χ0v) is 8.80. The highest BCUT2D eigenvalue weighted by atomic mass is 16.5. The fourth-order valence-electron chi connectivity index (χ4n) is 1.96. The summed E-state index contributed by atoms with van der Waals surface area (Å²) in [7, 11) is 0. The largest absolute Gasteiger partial charge is 0.390 e. The highest BCUT2D eigenvalue weighted by Gasteiger charge is 2.22. The highest BCUT2D eigenvalue weighted by molar-refractivity contribution is 5.11. The summed E-state index contributed by atoms with van der Waals surface area (Å²) in [6, 6.07) is 3.87. The van der Waals surface area contributed by atoms with Gasteiger partial charge in [-0.3, -0.25) is 4.98 Å². The van der Waals surface area contributed by atoms with Crippen molar-refractivity contribution in [1.29, 1.82) is 0 Å². The van der Waals surface area contributed by atoms with Crippen molar-refractivity contribution in [1.82, 2.24) is 4.98 Å². The Morgan fingerprint density at radius 2 is 2.20 bits per heavy atom. The van der Waals surface area contributed by atoms with Crippen LogP contribution >= 0.6 is 0 Å². The van der Waals surface area contributed by atoms with Gasteiger partial charge in [0, 0.05) is 25.4 Å². The van der Waals surface area contributed by atoms with Gasteiger partial charge in [-0.1, -0.05) is 0 Å². The molecule has 1 saturated heterocycles. The minimum absolute atomic E-state index is 0.0203. The quantitative estimate of drug-likeness (QED) is 0.817. The van der Waals surface area contributed by atoms with Crippen LogP contribution in [-0.2, 0) is 11.2 Å². The molecule has 1 fully saturated rings. The van der Waals surface area contributed by atoms with Gasteiger partial charge in [-0.2, -0.15) is 0 Å². The highest BCUT2D eigenvalue weighted by Crippen LogP contribution is 2.18. The Bertz CT molecular complexity index is 283. The lowest BCUT2D eigenvalue weighted by molar-refractivity contribution is -0.0611. The molecule has 1 aliphatic rings. The van der Waals surface area contributed by atoms with Gasteiger partial charge in [0.1, 0.15) is 0 Å². The summed E-state index contributed by atoms with van der Waals surface area (Å²) in [5.74, 6) is 0. The fraction of sp³-hybridized carbons (Fsp3) is 0.583. The van der Waals surface area contributed by atoms with E-state index in [1.807, 2.05) is 12.1 Å². The molecule has 15 heavy (non-hydrogen) atoms. The predicted molar refractivity (Wildman–Crippen MR) is 57.5 cm³/mol. The number of aliphatic hydroxyl groups excluding tert-OH is 1. The van der Waals surface area contributed by atoms with Crippen LogP contribution in [0.15, 0.2) is 24.5 Å². The summed E-state index contributed by atoms with van der Waals surface area (Å²) in [4.78, 5) is 3.95. The summed E-state index contributed by atoms with van der Waals surface area (Å²) >= 11 is 0. The van der Waals surface area contributed by atoms with Crippen molar-refractivity contribution in [2.45, 2.75) is 37.9 Å². The Morgan fingerprint density at radius 1 is 1.40 bits per heavy atom. The zero-order chi connectivity index (χ0) is 10.5. The molecule has 0 aliphatic carbocycles. The third kappa shape index (κ3) is 3.01. The van der Waals surface area contributed by atoms with Crippen molar-refractivity contribution in [3.05, 3.63) is 30.1 Å². The molecule has 1 N–H and O–H groups in total. The maximum Gasteiger partial charge on any atom is 0.0842 e. The number of aliphatic hydroxyl groups is 1. The lowest BCUT2D eigenvalue weighted by Crippen LogP contribution is -2.33. The van der Waals surface area contributed by atoms with Gasteiger partial charge in [-0.15, -0.1) is 0 Å². The van der Waals surface area contributed by atoms with Gasteiger partial charge in [0.2, 0.25) is 0 Å². The molecule has 0 radical (unpaired) electrons. The lowest BCUT2D eigenvalue weighted by Gasteiger charge is -2.27. The second-order valence-corrected chi connectivity index (χ2v) is 4.03.